The highest BCUT2D eigenvalue weighted by atomic mass is 16.6. The van der Waals surface area contributed by atoms with Crippen molar-refractivity contribution in [2.24, 2.45) is 0 Å². The summed E-state index contributed by atoms with van der Waals surface area (Å²) >= 11 is 0. The van der Waals surface area contributed by atoms with Gasteiger partial charge in [-0.3, -0.25) is 10.1 Å². The van der Waals surface area contributed by atoms with Gasteiger partial charge in [0.05, 0.1) is 24.4 Å². The van der Waals surface area contributed by atoms with Gasteiger partial charge in [-0.1, -0.05) is 18.5 Å². The van der Waals surface area contributed by atoms with Gasteiger partial charge in [-0.15, -0.1) is 0 Å². The number of nitro groups is 1. The molecular formula is C8H8BNO3. The number of aliphatic hydroxyl groups is 1. The van der Waals surface area contributed by atoms with Gasteiger partial charge in [0.2, 0.25) is 0 Å². The van der Waals surface area contributed by atoms with Crippen LogP contribution < -0.4 is 0 Å². The van der Waals surface area contributed by atoms with Crippen molar-refractivity contribution >= 4 is 13.5 Å². The summed E-state index contributed by atoms with van der Waals surface area (Å²) < 4.78 is 0. The van der Waals surface area contributed by atoms with Crippen LogP contribution in [0.2, 0.25) is 6.32 Å². The minimum atomic E-state index is -0.971. The Morgan fingerprint density at radius 2 is 2.15 bits per heavy atom. The summed E-state index contributed by atoms with van der Waals surface area (Å²) in [7, 11) is 5.20. The number of hydrogen-bond acceptors (Lipinski definition) is 3. The maximum atomic E-state index is 10.5. The van der Waals surface area contributed by atoms with Crippen LogP contribution >= 0.6 is 0 Å². The van der Waals surface area contributed by atoms with E-state index in [1.807, 2.05) is 0 Å². The fraction of sp³-hybridized carbons (Fsp3) is 0.250. The van der Waals surface area contributed by atoms with E-state index in [0.717, 1.165) is 0 Å². The lowest BCUT2D eigenvalue weighted by Crippen LogP contribution is -2.01. The van der Waals surface area contributed by atoms with Crippen molar-refractivity contribution in [1.29, 1.82) is 0 Å². The normalized spacial score (nSPS) is 12.4. The predicted octanol–water partition coefficient (Wildman–Crippen LogP) is 1.21. The van der Waals surface area contributed by atoms with E-state index in [0.29, 0.717) is 0 Å². The molecule has 0 spiro atoms. The molecule has 0 fully saturated rings. The molecule has 1 rings (SSSR count). The lowest BCUT2D eigenvalue weighted by atomic mass is 9.93. The highest BCUT2D eigenvalue weighted by Gasteiger charge is 2.17. The summed E-state index contributed by atoms with van der Waals surface area (Å²) in [4.78, 5) is 9.96. The molecule has 0 bridgehead atoms. The summed E-state index contributed by atoms with van der Waals surface area (Å²) in [6.07, 6.45) is -0.994. The van der Waals surface area contributed by atoms with Crippen molar-refractivity contribution < 1.29 is 10.0 Å². The maximum Gasteiger partial charge on any atom is 0.275 e. The van der Waals surface area contributed by atoms with E-state index in [1.54, 1.807) is 12.1 Å². The number of nitrogens with zero attached hydrogens (tertiary/aromatic N) is 1. The summed E-state index contributed by atoms with van der Waals surface area (Å²) in [5.74, 6) is 0. The third-order valence-corrected chi connectivity index (χ3v) is 1.72. The van der Waals surface area contributed by atoms with E-state index >= 15 is 0 Å². The Morgan fingerprint density at radius 1 is 1.54 bits per heavy atom. The zero-order chi connectivity index (χ0) is 9.84. The van der Waals surface area contributed by atoms with Crippen molar-refractivity contribution in [3.63, 3.8) is 0 Å². The van der Waals surface area contributed by atoms with Gasteiger partial charge in [0.1, 0.15) is 0 Å². The molecule has 2 radical (unpaired) electrons. The van der Waals surface area contributed by atoms with E-state index in [1.165, 1.54) is 12.1 Å². The van der Waals surface area contributed by atoms with Gasteiger partial charge in [0, 0.05) is 6.07 Å². The van der Waals surface area contributed by atoms with Crippen LogP contribution in [0.3, 0.4) is 0 Å². The fourth-order valence-electron chi connectivity index (χ4n) is 1.06. The molecule has 0 saturated carbocycles. The molecule has 0 unspecified atom stereocenters. The number of para-hydroxylation sites is 1. The minimum Gasteiger partial charge on any atom is -0.389 e. The van der Waals surface area contributed by atoms with Crippen molar-refractivity contribution in [1.82, 2.24) is 0 Å². The molecule has 0 heterocycles. The van der Waals surface area contributed by atoms with Crippen LogP contribution in [0.25, 0.3) is 0 Å². The molecule has 1 aromatic rings. The Hall–Kier alpha value is -1.36. The minimum absolute atomic E-state index is 0.0230. The van der Waals surface area contributed by atoms with E-state index in [9.17, 15) is 15.2 Å². The Labute approximate surface area is 76.8 Å². The highest BCUT2D eigenvalue weighted by Crippen LogP contribution is 2.25. The van der Waals surface area contributed by atoms with Crippen LogP contribution in [0.5, 0.6) is 0 Å². The van der Waals surface area contributed by atoms with Crippen LogP contribution in [0.1, 0.15) is 11.7 Å². The molecule has 0 saturated heterocycles. The molecule has 0 aliphatic carbocycles. The summed E-state index contributed by atoms with van der Waals surface area (Å²) in [5, 5.41) is 19.8. The van der Waals surface area contributed by atoms with Crippen molar-refractivity contribution in [3.05, 3.63) is 39.9 Å². The summed E-state index contributed by atoms with van der Waals surface area (Å²) in [6, 6.07) is 6.01. The van der Waals surface area contributed by atoms with Gasteiger partial charge >= 0.3 is 0 Å². The average molecular weight is 177 g/mol. The second kappa shape index (κ2) is 4.05. The van der Waals surface area contributed by atoms with Gasteiger partial charge in [0.15, 0.2) is 0 Å². The standard InChI is InChI=1S/C8H8BNO3/c9-5-8(11)6-3-1-2-4-7(6)10(12)13/h1-4,8,11H,5H2/t8-/m1/s1. The summed E-state index contributed by atoms with van der Waals surface area (Å²) in [6.45, 7) is 0. The van der Waals surface area contributed by atoms with Gasteiger partial charge < -0.3 is 5.11 Å². The van der Waals surface area contributed by atoms with Crippen LogP contribution in [0, 0.1) is 10.1 Å². The average Bonchev–Trinajstić information content (AvgIpc) is 2.16. The highest BCUT2D eigenvalue weighted by molar-refractivity contribution is 6.08. The van der Waals surface area contributed by atoms with Gasteiger partial charge in [-0.25, -0.2) is 0 Å². The lowest BCUT2D eigenvalue weighted by Gasteiger charge is -2.07. The molecule has 0 aliphatic rings. The third-order valence-electron chi connectivity index (χ3n) is 1.72. The number of rotatable bonds is 3. The molecular weight excluding hydrogens is 169 g/mol. The largest absolute Gasteiger partial charge is 0.389 e. The SMILES string of the molecule is [B]C[C@@H](O)c1ccccc1[N+](=O)[O-]. The molecule has 0 aliphatic heterocycles. The van der Waals surface area contributed by atoms with Gasteiger partial charge in [0.25, 0.3) is 5.69 Å². The zero-order valence-corrected chi connectivity index (χ0v) is 6.88. The lowest BCUT2D eigenvalue weighted by molar-refractivity contribution is -0.386. The van der Waals surface area contributed by atoms with E-state index in [2.05, 4.69) is 0 Å². The first-order valence-electron chi connectivity index (χ1n) is 3.78. The van der Waals surface area contributed by atoms with Crippen LogP contribution in [-0.4, -0.2) is 17.9 Å². The summed E-state index contributed by atoms with van der Waals surface area (Å²) in [5.41, 5.74) is 0.162. The molecule has 5 heteroatoms. The Morgan fingerprint density at radius 3 is 2.69 bits per heavy atom. The number of aliphatic hydroxyl groups excluding tert-OH is 1. The third kappa shape index (κ3) is 2.06. The van der Waals surface area contributed by atoms with Crippen molar-refractivity contribution in [2.75, 3.05) is 0 Å². The maximum absolute atomic E-state index is 10.5. The van der Waals surface area contributed by atoms with Crippen molar-refractivity contribution in [3.8, 4) is 0 Å². The Kier molecular flexibility index (Phi) is 3.03. The molecule has 0 amide bonds. The smallest absolute Gasteiger partial charge is 0.275 e. The molecule has 4 nitrogen and oxygen atoms in total. The molecule has 0 aromatic heterocycles. The number of benzene rings is 1. The van der Waals surface area contributed by atoms with Crippen LogP contribution in [-0.2, 0) is 0 Å². The Balaban J connectivity index is 3.11. The second-order valence-electron chi connectivity index (χ2n) is 2.57. The molecule has 13 heavy (non-hydrogen) atoms. The molecule has 1 atom stereocenters. The van der Waals surface area contributed by atoms with Gasteiger partial charge in [-0.2, -0.15) is 0 Å². The fourth-order valence-corrected chi connectivity index (χ4v) is 1.06. The van der Waals surface area contributed by atoms with Crippen molar-refractivity contribution in [2.45, 2.75) is 12.4 Å². The predicted molar refractivity (Wildman–Crippen MR) is 48.6 cm³/mol. The molecule has 66 valence electrons. The Bertz CT molecular complexity index is 316. The second-order valence-corrected chi connectivity index (χ2v) is 2.57. The first-order valence-corrected chi connectivity index (χ1v) is 3.78. The number of hydrogen-bond donors (Lipinski definition) is 1. The quantitative estimate of drug-likeness (QED) is 0.428. The van der Waals surface area contributed by atoms with Crippen LogP contribution in [0.15, 0.2) is 24.3 Å². The zero-order valence-electron chi connectivity index (χ0n) is 6.88. The van der Waals surface area contributed by atoms with E-state index in [-0.39, 0.29) is 17.6 Å². The topological polar surface area (TPSA) is 63.4 Å². The monoisotopic (exact) mass is 177 g/mol. The molecule has 1 N–H and O–H groups in total. The van der Waals surface area contributed by atoms with E-state index < -0.39 is 11.0 Å². The first-order chi connectivity index (χ1) is 6.16. The van der Waals surface area contributed by atoms with Gasteiger partial charge in [-0.05, 0) is 6.07 Å². The number of nitro benzene ring substituents is 1. The van der Waals surface area contributed by atoms with E-state index in [4.69, 9.17) is 7.85 Å². The first kappa shape index (κ1) is 9.73. The molecule has 1 aromatic carbocycles. The van der Waals surface area contributed by atoms with Crippen LogP contribution in [0.4, 0.5) is 5.69 Å².